The number of fused-ring (bicyclic) bond motifs is 2. The highest BCUT2D eigenvalue weighted by atomic mass is 16.5. The maximum absolute atomic E-state index is 11.2. The Labute approximate surface area is 71.0 Å². The lowest BCUT2D eigenvalue weighted by atomic mass is 9.96. The molecule has 0 saturated heterocycles. The molecule has 3 nitrogen and oxygen atoms in total. The van der Waals surface area contributed by atoms with Crippen molar-refractivity contribution < 1.29 is 14.6 Å². The van der Waals surface area contributed by atoms with Crippen LogP contribution in [0.2, 0.25) is 0 Å². The van der Waals surface area contributed by atoms with Crippen LogP contribution in [0.5, 0.6) is 0 Å². The van der Waals surface area contributed by atoms with Crippen LogP contribution in [-0.2, 0) is 9.53 Å². The Hall–Kier alpha value is -0.830. The molecule has 0 aromatic rings. The van der Waals surface area contributed by atoms with Crippen LogP contribution in [-0.4, -0.2) is 24.3 Å². The molecule has 0 radical (unpaired) electrons. The minimum Gasteiger partial charge on any atom is -0.469 e. The summed E-state index contributed by atoms with van der Waals surface area (Å²) in [6.07, 6.45) is 4.31. The normalized spacial score (nSPS) is 43.5. The van der Waals surface area contributed by atoms with E-state index in [-0.39, 0.29) is 29.8 Å². The summed E-state index contributed by atoms with van der Waals surface area (Å²) < 4.78 is 4.67. The number of hydrogen-bond acceptors (Lipinski definition) is 3. The number of methoxy groups -OCH3 is 1. The molecule has 3 heteroatoms. The van der Waals surface area contributed by atoms with Crippen LogP contribution in [0.1, 0.15) is 6.42 Å². The van der Waals surface area contributed by atoms with Crippen molar-refractivity contribution >= 4 is 5.97 Å². The fourth-order valence-electron chi connectivity index (χ4n) is 2.29. The number of ether oxygens (including phenoxy) is 1. The third-order valence-corrected chi connectivity index (χ3v) is 2.89. The van der Waals surface area contributed by atoms with Crippen LogP contribution >= 0.6 is 0 Å². The third kappa shape index (κ3) is 0.894. The number of carbonyl (C=O) groups excluding carboxylic acids is 1. The van der Waals surface area contributed by atoms with Crippen molar-refractivity contribution in [3.05, 3.63) is 12.2 Å². The van der Waals surface area contributed by atoms with Crippen LogP contribution in [0.15, 0.2) is 12.2 Å². The second-order valence-electron chi connectivity index (χ2n) is 3.48. The predicted molar refractivity (Wildman–Crippen MR) is 42.2 cm³/mol. The van der Waals surface area contributed by atoms with Crippen molar-refractivity contribution in [1.29, 1.82) is 0 Å². The fourth-order valence-corrected chi connectivity index (χ4v) is 2.29. The first-order valence-electron chi connectivity index (χ1n) is 4.18. The summed E-state index contributed by atoms with van der Waals surface area (Å²) in [6, 6.07) is 0. The summed E-state index contributed by atoms with van der Waals surface area (Å²) in [5.74, 6) is -0.101. The number of aliphatic hydroxyl groups is 1. The lowest BCUT2D eigenvalue weighted by molar-refractivity contribution is -0.147. The zero-order valence-corrected chi connectivity index (χ0v) is 6.93. The Morgan fingerprint density at radius 2 is 2.33 bits per heavy atom. The maximum Gasteiger partial charge on any atom is 0.309 e. The molecule has 0 spiro atoms. The van der Waals surface area contributed by atoms with Gasteiger partial charge in [-0.25, -0.2) is 0 Å². The molecule has 4 atom stereocenters. The number of rotatable bonds is 1. The van der Waals surface area contributed by atoms with Crippen LogP contribution in [0.4, 0.5) is 0 Å². The third-order valence-electron chi connectivity index (χ3n) is 2.89. The molecule has 1 saturated carbocycles. The molecule has 1 fully saturated rings. The zero-order valence-electron chi connectivity index (χ0n) is 6.93. The molecule has 2 rings (SSSR count). The van der Waals surface area contributed by atoms with Crippen LogP contribution in [0, 0.1) is 17.8 Å². The summed E-state index contributed by atoms with van der Waals surface area (Å²) in [6.45, 7) is 0. The first kappa shape index (κ1) is 7.80. The van der Waals surface area contributed by atoms with Gasteiger partial charge in [-0.05, 0) is 12.3 Å². The first-order chi connectivity index (χ1) is 5.74. The number of esters is 1. The van der Waals surface area contributed by atoms with Crippen molar-refractivity contribution in [3.8, 4) is 0 Å². The highest BCUT2D eigenvalue weighted by Crippen LogP contribution is 2.44. The van der Waals surface area contributed by atoms with E-state index < -0.39 is 0 Å². The lowest BCUT2D eigenvalue weighted by Gasteiger charge is -2.13. The number of allylic oxidation sites excluding steroid dienone is 1. The topological polar surface area (TPSA) is 46.5 Å². The van der Waals surface area contributed by atoms with Crippen molar-refractivity contribution in [2.45, 2.75) is 12.5 Å². The van der Waals surface area contributed by atoms with Gasteiger partial charge in [0.2, 0.25) is 0 Å². The molecular formula is C9H12O3. The molecule has 12 heavy (non-hydrogen) atoms. The largest absolute Gasteiger partial charge is 0.469 e. The summed E-state index contributed by atoms with van der Waals surface area (Å²) in [7, 11) is 1.40. The molecule has 0 heterocycles. The van der Waals surface area contributed by atoms with Gasteiger partial charge < -0.3 is 9.84 Å². The highest BCUT2D eigenvalue weighted by Gasteiger charge is 2.48. The van der Waals surface area contributed by atoms with E-state index in [9.17, 15) is 9.90 Å². The van der Waals surface area contributed by atoms with E-state index in [0.717, 1.165) is 0 Å². The van der Waals surface area contributed by atoms with Gasteiger partial charge in [0.25, 0.3) is 0 Å². The van der Waals surface area contributed by atoms with Gasteiger partial charge >= 0.3 is 5.97 Å². The smallest absolute Gasteiger partial charge is 0.309 e. The minimum absolute atomic E-state index is 0.00227. The van der Waals surface area contributed by atoms with E-state index in [0.29, 0.717) is 6.42 Å². The van der Waals surface area contributed by atoms with Gasteiger partial charge in [-0.3, -0.25) is 4.79 Å². The number of aliphatic hydroxyl groups excluding tert-OH is 1. The SMILES string of the molecule is COC(=O)[C@H]1[C@H]2C=C[C@@H]1C[C@H]2O. The molecule has 0 aliphatic heterocycles. The highest BCUT2D eigenvalue weighted by molar-refractivity contribution is 5.75. The van der Waals surface area contributed by atoms with E-state index in [4.69, 9.17) is 0 Å². The Morgan fingerprint density at radius 3 is 2.75 bits per heavy atom. The van der Waals surface area contributed by atoms with Gasteiger partial charge in [-0.1, -0.05) is 12.2 Å². The van der Waals surface area contributed by atoms with Crippen LogP contribution in [0.3, 0.4) is 0 Å². The minimum atomic E-state index is -0.343. The lowest BCUT2D eigenvalue weighted by Crippen LogP contribution is -2.23. The standard InChI is InChI=1S/C9H12O3/c1-12-9(11)8-5-2-3-6(8)7(10)4-5/h2-3,5-8,10H,4H2,1H3/t5-,6+,7-,8-/m1/s1. The van der Waals surface area contributed by atoms with Crippen molar-refractivity contribution in [1.82, 2.24) is 0 Å². The van der Waals surface area contributed by atoms with Gasteiger partial charge in [-0.15, -0.1) is 0 Å². The summed E-state index contributed by atoms with van der Waals surface area (Å²) >= 11 is 0. The van der Waals surface area contributed by atoms with Crippen molar-refractivity contribution in [2.75, 3.05) is 7.11 Å². The molecule has 0 amide bonds. The monoisotopic (exact) mass is 168 g/mol. The van der Waals surface area contributed by atoms with Gasteiger partial charge in [0.05, 0.1) is 19.1 Å². The second kappa shape index (κ2) is 2.59. The van der Waals surface area contributed by atoms with Crippen molar-refractivity contribution in [3.63, 3.8) is 0 Å². The average Bonchev–Trinajstić information content (AvgIpc) is 2.59. The van der Waals surface area contributed by atoms with E-state index in [1.165, 1.54) is 7.11 Å². The Morgan fingerprint density at radius 1 is 1.58 bits per heavy atom. The summed E-state index contributed by atoms with van der Waals surface area (Å²) in [5.41, 5.74) is 0. The quantitative estimate of drug-likeness (QED) is 0.453. The molecule has 2 bridgehead atoms. The Bertz CT molecular complexity index is 234. The Balaban J connectivity index is 2.17. The van der Waals surface area contributed by atoms with E-state index >= 15 is 0 Å². The van der Waals surface area contributed by atoms with E-state index in [1.54, 1.807) is 0 Å². The molecule has 1 N–H and O–H groups in total. The second-order valence-corrected chi connectivity index (χ2v) is 3.48. The molecule has 0 unspecified atom stereocenters. The first-order valence-corrected chi connectivity index (χ1v) is 4.18. The van der Waals surface area contributed by atoms with Gasteiger partial charge in [0, 0.05) is 5.92 Å². The fraction of sp³-hybridized carbons (Fsp3) is 0.667. The maximum atomic E-state index is 11.2. The van der Waals surface area contributed by atoms with Crippen molar-refractivity contribution in [2.24, 2.45) is 17.8 Å². The van der Waals surface area contributed by atoms with Gasteiger partial charge in [0.1, 0.15) is 0 Å². The molecule has 2 aliphatic carbocycles. The van der Waals surface area contributed by atoms with E-state index in [1.807, 2.05) is 12.2 Å². The van der Waals surface area contributed by atoms with E-state index in [2.05, 4.69) is 4.74 Å². The number of hydrogen-bond donors (Lipinski definition) is 1. The summed E-state index contributed by atoms with van der Waals surface area (Å²) in [4.78, 5) is 11.2. The molecule has 2 aliphatic rings. The predicted octanol–water partition coefficient (Wildman–Crippen LogP) is 0.342. The summed E-state index contributed by atoms with van der Waals surface area (Å²) in [5, 5.41) is 9.48. The number of carbonyl (C=O) groups is 1. The van der Waals surface area contributed by atoms with Gasteiger partial charge in [0.15, 0.2) is 0 Å². The zero-order chi connectivity index (χ0) is 8.72. The van der Waals surface area contributed by atoms with Crippen LogP contribution in [0.25, 0.3) is 0 Å². The van der Waals surface area contributed by atoms with Gasteiger partial charge in [-0.2, -0.15) is 0 Å². The average molecular weight is 168 g/mol. The Kier molecular flexibility index (Phi) is 1.68. The van der Waals surface area contributed by atoms with Crippen LogP contribution < -0.4 is 0 Å². The molecular weight excluding hydrogens is 156 g/mol. The molecule has 66 valence electrons. The molecule has 0 aromatic heterocycles. The molecule has 0 aromatic carbocycles.